The first kappa shape index (κ1) is 24.7. The van der Waals surface area contributed by atoms with E-state index in [1.54, 1.807) is 32.9 Å². The fourth-order valence-corrected chi connectivity index (χ4v) is 3.70. The van der Waals surface area contributed by atoms with E-state index in [0.29, 0.717) is 17.5 Å². The van der Waals surface area contributed by atoms with Crippen molar-refractivity contribution in [1.29, 1.82) is 0 Å². The van der Waals surface area contributed by atoms with Crippen LogP contribution in [0.1, 0.15) is 54.2 Å². The summed E-state index contributed by atoms with van der Waals surface area (Å²) in [4.78, 5) is 12.3. The van der Waals surface area contributed by atoms with Crippen LogP contribution in [0.2, 0.25) is 0 Å². The molecule has 0 aromatic heterocycles. The Morgan fingerprint density at radius 2 is 1.77 bits per heavy atom. The van der Waals surface area contributed by atoms with Crippen molar-refractivity contribution < 1.29 is 26.4 Å². The zero-order chi connectivity index (χ0) is 23.3. The van der Waals surface area contributed by atoms with Gasteiger partial charge in [0.1, 0.15) is 17.5 Å². The highest BCUT2D eigenvalue weighted by molar-refractivity contribution is 7.93. The molecule has 168 valence electrons. The average Bonchev–Trinajstić information content (AvgIpc) is 2.68. The van der Waals surface area contributed by atoms with Gasteiger partial charge in [0.25, 0.3) is 0 Å². The first-order valence-electron chi connectivity index (χ1n) is 9.81. The van der Waals surface area contributed by atoms with E-state index in [1.807, 2.05) is 0 Å². The number of benzene rings is 2. The number of sulfone groups is 1. The third-order valence-electron chi connectivity index (χ3n) is 4.99. The standard InChI is InChI=1S/C23H26F3NO3S/c1-14(10-11-31(4,29)30)8-9-23(28)18-12-21(26)22(13-20(18)25)27-16(3)17-6-5-7-19(24)15(17)2/h5-7,10-14,16,27H,8-9H2,1-4H3/b11-10+/t14-,16+/m0/s1. The van der Waals surface area contributed by atoms with Crippen LogP contribution in [0, 0.1) is 30.3 Å². The molecule has 31 heavy (non-hydrogen) atoms. The van der Waals surface area contributed by atoms with Gasteiger partial charge >= 0.3 is 0 Å². The van der Waals surface area contributed by atoms with Crippen LogP contribution in [0.3, 0.4) is 0 Å². The molecule has 2 aromatic carbocycles. The Hall–Kier alpha value is -2.61. The average molecular weight is 454 g/mol. The lowest BCUT2D eigenvalue weighted by molar-refractivity contribution is 0.0972. The van der Waals surface area contributed by atoms with Crippen LogP contribution in [0.4, 0.5) is 18.9 Å². The number of allylic oxidation sites excluding steroid dienone is 1. The van der Waals surface area contributed by atoms with Crippen LogP contribution in [-0.2, 0) is 9.84 Å². The fraction of sp³-hybridized carbons (Fsp3) is 0.348. The molecule has 0 saturated carbocycles. The van der Waals surface area contributed by atoms with Crippen LogP contribution in [-0.4, -0.2) is 20.5 Å². The van der Waals surface area contributed by atoms with Gasteiger partial charge in [-0.05, 0) is 49.4 Å². The van der Waals surface area contributed by atoms with E-state index in [9.17, 15) is 26.4 Å². The second-order valence-corrected chi connectivity index (χ2v) is 9.66. The summed E-state index contributed by atoms with van der Waals surface area (Å²) in [6.45, 7) is 5.03. The Morgan fingerprint density at radius 1 is 1.10 bits per heavy atom. The molecule has 2 atom stereocenters. The summed E-state index contributed by atoms with van der Waals surface area (Å²) in [7, 11) is -3.27. The van der Waals surface area contributed by atoms with Crippen molar-refractivity contribution in [3.8, 4) is 0 Å². The van der Waals surface area contributed by atoms with Gasteiger partial charge in [0.2, 0.25) is 0 Å². The summed E-state index contributed by atoms with van der Waals surface area (Å²) in [5, 5.41) is 3.88. The Balaban J connectivity index is 2.11. The normalized spacial score (nSPS) is 13.9. The molecule has 0 heterocycles. The molecule has 1 N–H and O–H groups in total. The van der Waals surface area contributed by atoms with Crippen molar-refractivity contribution in [2.24, 2.45) is 5.92 Å². The molecule has 0 aliphatic rings. The van der Waals surface area contributed by atoms with Gasteiger partial charge in [0.15, 0.2) is 15.6 Å². The molecular formula is C23H26F3NO3S. The Labute approximate surface area is 181 Å². The summed E-state index contributed by atoms with van der Waals surface area (Å²) < 4.78 is 65.1. The third kappa shape index (κ3) is 6.95. The molecule has 0 bridgehead atoms. The van der Waals surface area contributed by atoms with Gasteiger partial charge in [0.05, 0.1) is 11.3 Å². The number of carbonyl (C=O) groups excluding carboxylic acids is 1. The Bertz CT molecular complexity index is 1100. The SMILES string of the molecule is Cc1c(F)cccc1[C@@H](C)Nc1cc(F)c(C(=O)CC[C@H](C)/C=C/S(C)(=O)=O)cc1F. The molecule has 0 amide bonds. The number of ketones is 1. The number of carbonyl (C=O) groups is 1. The molecule has 2 aromatic rings. The fourth-order valence-electron chi connectivity index (χ4n) is 3.14. The van der Waals surface area contributed by atoms with Gasteiger partial charge in [-0.25, -0.2) is 21.6 Å². The number of hydrogen-bond acceptors (Lipinski definition) is 4. The molecule has 0 radical (unpaired) electrons. The summed E-state index contributed by atoms with van der Waals surface area (Å²) in [6, 6.07) is 5.84. The molecular weight excluding hydrogens is 427 g/mol. The first-order chi connectivity index (χ1) is 14.4. The maximum absolute atomic E-state index is 14.6. The molecule has 0 spiro atoms. The van der Waals surface area contributed by atoms with E-state index in [2.05, 4.69) is 5.32 Å². The third-order valence-corrected chi connectivity index (χ3v) is 5.64. The highest BCUT2D eigenvalue weighted by atomic mass is 32.2. The second-order valence-electron chi connectivity index (χ2n) is 7.73. The van der Waals surface area contributed by atoms with E-state index in [1.165, 1.54) is 12.1 Å². The zero-order valence-corrected chi connectivity index (χ0v) is 18.7. The van der Waals surface area contributed by atoms with Gasteiger partial charge in [0, 0.05) is 30.2 Å². The minimum Gasteiger partial charge on any atom is -0.376 e. The molecule has 0 fully saturated rings. The van der Waals surface area contributed by atoms with Crippen molar-refractivity contribution in [2.45, 2.75) is 39.7 Å². The zero-order valence-electron chi connectivity index (χ0n) is 17.9. The monoisotopic (exact) mass is 453 g/mol. The summed E-state index contributed by atoms with van der Waals surface area (Å²) in [5.41, 5.74) is 0.525. The number of Topliss-reactive ketones (excluding diaryl/α,β-unsaturated/α-hetero) is 1. The molecule has 8 heteroatoms. The maximum Gasteiger partial charge on any atom is 0.168 e. The predicted molar refractivity (Wildman–Crippen MR) is 116 cm³/mol. The first-order valence-corrected chi connectivity index (χ1v) is 11.8. The minimum absolute atomic E-state index is 0.0582. The summed E-state index contributed by atoms with van der Waals surface area (Å²) in [6.07, 6.45) is 2.76. The van der Waals surface area contributed by atoms with E-state index in [-0.39, 0.29) is 29.4 Å². The molecule has 2 rings (SSSR count). The number of rotatable bonds is 9. The number of halogens is 3. The predicted octanol–water partition coefficient (Wildman–Crippen LogP) is 5.74. The lowest BCUT2D eigenvalue weighted by atomic mass is 9.99. The molecule has 0 saturated heterocycles. The van der Waals surface area contributed by atoms with Gasteiger partial charge < -0.3 is 5.32 Å². The van der Waals surface area contributed by atoms with Crippen LogP contribution < -0.4 is 5.32 Å². The number of hydrogen-bond donors (Lipinski definition) is 1. The molecule has 4 nitrogen and oxygen atoms in total. The topological polar surface area (TPSA) is 63.2 Å². The number of anilines is 1. The second kappa shape index (κ2) is 10.1. The molecule has 0 unspecified atom stereocenters. The van der Waals surface area contributed by atoms with Gasteiger partial charge in [-0.1, -0.05) is 25.1 Å². The van der Waals surface area contributed by atoms with Crippen LogP contribution >= 0.6 is 0 Å². The minimum atomic E-state index is -3.27. The lowest BCUT2D eigenvalue weighted by Gasteiger charge is -2.19. The van der Waals surface area contributed by atoms with E-state index in [0.717, 1.165) is 23.8 Å². The Morgan fingerprint density at radius 3 is 2.42 bits per heavy atom. The van der Waals surface area contributed by atoms with E-state index < -0.39 is 33.3 Å². The maximum atomic E-state index is 14.6. The van der Waals surface area contributed by atoms with Crippen molar-refractivity contribution >= 4 is 21.3 Å². The van der Waals surface area contributed by atoms with E-state index in [4.69, 9.17) is 0 Å². The van der Waals surface area contributed by atoms with Crippen molar-refractivity contribution in [3.63, 3.8) is 0 Å². The highest BCUT2D eigenvalue weighted by Gasteiger charge is 2.19. The highest BCUT2D eigenvalue weighted by Crippen LogP contribution is 2.27. The van der Waals surface area contributed by atoms with Crippen LogP contribution in [0.15, 0.2) is 41.8 Å². The van der Waals surface area contributed by atoms with Crippen molar-refractivity contribution in [2.75, 3.05) is 11.6 Å². The quantitative estimate of drug-likeness (QED) is 0.492. The van der Waals surface area contributed by atoms with Crippen LogP contribution in [0.25, 0.3) is 0 Å². The smallest absolute Gasteiger partial charge is 0.168 e. The Kier molecular flexibility index (Phi) is 8.06. The largest absolute Gasteiger partial charge is 0.376 e. The van der Waals surface area contributed by atoms with Gasteiger partial charge in [-0.15, -0.1) is 0 Å². The van der Waals surface area contributed by atoms with Crippen LogP contribution in [0.5, 0.6) is 0 Å². The van der Waals surface area contributed by atoms with E-state index >= 15 is 0 Å². The lowest BCUT2D eigenvalue weighted by Crippen LogP contribution is -2.12. The summed E-state index contributed by atoms with van der Waals surface area (Å²) >= 11 is 0. The van der Waals surface area contributed by atoms with Gasteiger partial charge in [-0.2, -0.15) is 0 Å². The molecule has 0 aliphatic heterocycles. The number of nitrogens with one attached hydrogen (secondary N) is 1. The van der Waals surface area contributed by atoms with Gasteiger partial charge in [-0.3, -0.25) is 4.79 Å². The van der Waals surface area contributed by atoms with Crippen molar-refractivity contribution in [1.82, 2.24) is 0 Å². The van der Waals surface area contributed by atoms with Crippen molar-refractivity contribution in [3.05, 3.63) is 76.0 Å². The summed E-state index contributed by atoms with van der Waals surface area (Å²) in [5.74, 6) is -2.84. The molecule has 0 aliphatic carbocycles.